The van der Waals surface area contributed by atoms with Crippen molar-refractivity contribution in [3.63, 3.8) is 0 Å². The Morgan fingerprint density at radius 2 is 1.93 bits per heavy atom. The Morgan fingerprint density at radius 1 is 1.14 bits per heavy atom. The van der Waals surface area contributed by atoms with Gasteiger partial charge in [-0.25, -0.2) is 13.2 Å². The first kappa shape index (κ1) is 20.6. The third-order valence-electron chi connectivity index (χ3n) is 4.28. The van der Waals surface area contributed by atoms with Crippen LogP contribution in [0.25, 0.3) is 11.3 Å². The summed E-state index contributed by atoms with van der Waals surface area (Å²) in [5, 5.41) is 3.85. The predicted molar refractivity (Wildman–Crippen MR) is 109 cm³/mol. The molecule has 0 aliphatic heterocycles. The lowest BCUT2D eigenvalue weighted by Gasteiger charge is -2.13. The summed E-state index contributed by atoms with van der Waals surface area (Å²) in [5.41, 5.74) is 2.53. The molecule has 8 heteroatoms. The van der Waals surface area contributed by atoms with Gasteiger partial charge in [0.1, 0.15) is 0 Å². The zero-order chi connectivity index (χ0) is 21.0. The fourth-order valence-corrected chi connectivity index (χ4v) is 4.27. The van der Waals surface area contributed by atoms with Crippen LogP contribution in [0.3, 0.4) is 0 Å². The number of carbonyl (C=O) groups is 1. The largest absolute Gasteiger partial charge is 0.462 e. The number of rotatable bonds is 7. The first-order valence-electron chi connectivity index (χ1n) is 9.20. The molecule has 1 N–H and O–H groups in total. The Labute approximate surface area is 169 Å². The van der Waals surface area contributed by atoms with E-state index in [2.05, 4.69) is 9.88 Å². The van der Waals surface area contributed by atoms with Crippen LogP contribution >= 0.6 is 0 Å². The summed E-state index contributed by atoms with van der Waals surface area (Å²) in [7, 11) is -3.90. The molecule has 0 saturated heterocycles. The van der Waals surface area contributed by atoms with Crippen LogP contribution in [0, 0.1) is 6.92 Å². The second-order valence-electron chi connectivity index (χ2n) is 6.42. The van der Waals surface area contributed by atoms with Gasteiger partial charge in [0.15, 0.2) is 5.76 Å². The molecule has 0 spiro atoms. The number of esters is 1. The maximum atomic E-state index is 13.1. The summed E-state index contributed by atoms with van der Waals surface area (Å²) in [4.78, 5) is 12.1. The molecule has 0 radical (unpaired) electrons. The van der Waals surface area contributed by atoms with E-state index in [-0.39, 0.29) is 22.8 Å². The Kier molecular flexibility index (Phi) is 6.03. The maximum absolute atomic E-state index is 13.1. The molecule has 1 heterocycles. The molecule has 3 rings (SSSR count). The molecule has 152 valence electrons. The van der Waals surface area contributed by atoms with E-state index in [0.717, 1.165) is 0 Å². The molecule has 0 bridgehead atoms. The zero-order valence-corrected chi connectivity index (χ0v) is 17.2. The summed E-state index contributed by atoms with van der Waals surface area (Å²) >= 11 is 0. The normalized spacial score (nSPS) is 11.3. The molecule has 0 saturated carbocycles. The van der Waals surface area contributed by atoms with E-state index in [1.54, 1.807) is 56.3 Å². The molecule has 29 heavy (non-hydrogen) atoms. The number of sulfonamides is 1. The fraction of sp³-hybridized carbons (Fsp3) is 0.238. The van der Waals surface area contributed by atoms with Gasteiger partial charge in [-0.15, -0.1) is 0 Å². The van der Waals surface area contributed by atoms with E-state index in [0.29, 0.717) is 29.0 Å². The summed E-state index contributed by atoms with van der Waals surface area (Å²) < 4.78 is 39.0. The number of ether oxygens (including phenoxy) is 1. The average Bonchev–Trinajstić information content (AvgIpc) is 3.14. The first-order valence-corrected chi connectivity index (χ1v) is 10.7. The molecule has 0 fully saturated rings. The van der Waals surface area contributed by atoms with Crippen molar-refractivity contribution in [3.8, 4) is 11.3 Å². The van der Waals surface area contributed by atoms with E-state index in [9.17, 15) is 13.2 Å². The second kappa shape index (κ2) is 8.48. The smallest absolute Gasteiger partial charge is 0.338 e. The van der Waals surface area contributed by atoms with Gasteiger partial charge >= 0.3 is 5.97 Å². The molecule has 0 aliphatic rings. The van der Waals surface area contributed by atoms with Crippen molar-refractivity contribution in [2.24, 2.45) is 0 Å². The van der Waals surface area contributed by atoms with Gasteiger partial charge in [0.05, 0.1) is 22.8 Å². The summed E-state index contributed by atoms with van der Waals surface area (Å²) in [6.07, 6.45) is 0.537. The number of aromatic nitrogens is 1. The molecule has 0 amide bonds. The van der Waals surface area contributed by atoms with Crippen LogP contribution in [0.2, 0.25) is 0 Å². The van der Waals surface area contributed by atoms with Crippen LogP contribution in [-0.4, -0.2) is 26.2 Å². The lowest BCUT2D eigenvalue weighted by Crippen LogP contribution is -2.15. The average molecular weight is 414 g/mol. The van der Waals surface area contributed by atoms with Gasteiger partial charge in [-0.1, -0.05) is 30.3 Å². The number of nitrogens with zero attached hydrogens (tertiary/aromatic N) is 1. The number of hydrogen-bond donors (Lipinski definition) is 1. The van der Waals surface area contributed by atoms with E-state index >= 15 is 0 Å². The van der Waals surface area contributed by atoms with Gasteiger partial charge in [-0.3, -0.25) is 4.72 Å². The van der Waals surface area contributed by atoms with Gasteiger partial charge < -0.3 is 9.26 Å². The third kappa shape index (κ3) is 4.65. The van der Waals surface area contributed by atoms with Crippen molar-refractivity contribution >= 4 is 21.7 Å². The van der Waals surface area contributed by atoms with Crippen LogP contribution in [0.4, 0.5) is 5.69 Å². The van der Waals surface area contributed by atoms with Crippen LogP contribution in [0.5, 0.6) is 0 Å². The molecule has 1 aromatic heterocycles. The van der Waals surface area contributed by atoms with Gasteiger partial charge in [-0.2, -0.15) is 0 Å². The SMILES string of the molecule is CCOC(=O)c1cccc(NS(=O)(=O)c2cc(-c3cc(C)no3)ccc2CC)c1. The fourth-order valence-electron chi connectivity index (χ4n) is 2.88. The minimum atomic E-state index is -3.90. The van der Waals surface area contributed by atoms with Gasteiger partial charge in [0.2, 0.25) is 0 Å². The quantitative estimate of drug-likeness (QED) is 0.582. The monoisotopic (exact) mass is 414 g/mol. The number of nitrogens with one attached hydrogen (secondary N) is 1. The van der Waals surface area contributed by atoms with Crippen molar-refractivity contribution in [2.75, 3.05) is 11.3 Å². The molecular weight excluding hydrogens is 392 g/mol. The highest BCUT2D eigenvalue weighted by molar-refractivity contribution is 7.92. The highest BCUT2D eigenvalue weighted by Gasteiger charge is 2.21. The molecule has 0 atom stereocenters. The van der Waals surface area contributed by atoms with E-state index in [1.165, 1.54) is 6.07 Å². The van der Waals surface area contributed by atoms with E-state index in [1.807, 2.05) is 6.92 Å². The van der Waals surface area contributed by atoms with Crippen LogP contribution in [0.15, 0.2) is 57.9 Å². The van der Waals surface area contributed by atoms with Crippen LogP contribution in [0.1, 0.15) is 35.5 Å². The number of hydrogen-bond acceptors (Lipinski definition) is 6. The standard InChI is InChI=1S/C21H22N2O5S/c1-4-15-9-10-16(19-11-14(3)22-28-19)13-20(15)29(25,26)23-18-8-6-7-17(12-18)21(24)27-5-2/h6-13,23H,4-5H2,1-3H3. The molecule has 2 aromatic carbocycles. The van der Waals surface area contributed by atoms with Crippen molar-refractivity contribution in [3.05, 3.63) is 65.4 Å². The summed E-state index contributed by atoms with van der Waals surface area (Å²) in [6, 6.07) is 13.1. The molecule has 3 aromatic rings. The first-order chi connectivity index (χ1) is 13.8. The summed E-state index contributed by atoms with van der Waals surface area (Å²) in [5.74, 6) is -0.0172. The zero-order valence-electron chi connectivity index (χ0n) is 16.4. The number of aryl methyl sites for hydroxylation is 2. The van der Waals surface area contributed by atoms with Crippen molar-refractivity contribution < 1.29 is 22.5 Å². The lowest BCUT2D eigenvalue weighted by atomic mass is 10.1. The second-order valence-corrected chi connectivity index (χ2v) is 8.07. The van der Waals surface area contributed by atoms with Crippen molar-refractivity contribution in [1.29, 1.82) is 0 Å². The van der Waals surface area contributed by atoms with Gasteiger partial charge in [-0.05, 0) is 50.1 Å². The van der Waals surface area contributed by atoms with Crippen molar-refractivity contribution in [2.45, 2.75) is 32.1 Å². The minimum Gasteiger partial charge on any atom is -0.462 e. The minimum absolute atomic E-state index is 0.146. The van der Waals surface area contributed by atoms with Crippen molar-refractivity contribution in [1.82, 2.24) is 5.16 Å². The predicted octanol–water partition coefficient (Wildman–Crippen LogP) is 4.19. The van der Waals surface area contributed by atoms with Gasteiger partial charge in [0, 0.05) is 17.3 Å². The number of benzene rings is 2. The van der Waals surface area contributed by atoms with E-state index in [4.69, 9.17) is 9.26 Å². The van der Waals surface area contributed by atoms with Crippen LogP contribution < -0.4 is 4.72 Å². The molecule has 7 nitrogen and oxygen atoms in total. The number of anilines is 1. The topological polar surface area (TPSA) is 98.5 Å². The van der Waals surface area contributed by atoms with Gasteiger partial charge in [0.25, 0.3) is 10.0 Å². The lowest BCUT2D eigenvalue weighted by molar-refractivity contribution is 0.0526. The Hall–Kier alpha value is -3.13. The summed E-state index contributed by atoms with van der Waals surface area (Å²) in [6.45, 7) is 5.62. The molecule has 0 unspecified atom stereocenters. The van der Waals surface area contributed by atoms with Crippen LogP contribution in [-0.2, 0) is 21.2 Å². The number of carbonyl (C=O) groups excluding carboxylic acids is 1. The Balaban J connectivity index is 1.97. The highest BCUT2D eigenvalue weighted by Crippen LogP contribution is 2.28. The molecule has 0 aliphatic carbocycles. The third-order valence-corrected chi connectivity index (χ3v) is 5.74. The highest BCUT2D eigenvalue weighted by atomic mass is 32.2. The Morgan fingerprint density at radius 3 is 2.59 bits per heavy atom. The molecular formula is C21H22N2O5S. The maximum Gasteiger partial charge on any atom is 0.338 e. The van der Waals surface area contributed by atoms with E-state index < -0.39 is 16.0 Å². The Bertz CT molecular complexity index is 1140.